The Kier molecular flexibility index (Phi) is 16.8. The van der Waals surface area contributed by atoms with Crippen LogP contribution in [0.1, 0.15) is 80.2 Å². The number of carbonyl (C=O) groups excluding carboxylic acids is 3. The third-order valence-electron chi connectivity index (χ3n) is 5.61. The molecule has 10 nitrogen and oxygen atoms in total. The Morgan fingerprint density at radius 2 is 1.08 bits per heavy atom. The smallest absolute Gasteiger partial charge is 0.339 e. The van der Waals surface area contributed by atoms with Crippen LogP contribution in [0.5, 0.6) is 0 Å². The number of aromatic carboxylic acids is 1. The second-order valence-electron chi connectivity index (χ2n) is 8.28. The minimum absolute atomic E-state index is 0.0579. The molecule has 2 rings (SSSR count). The van der Waals surface area contributed by atoms with Gasteiger partial charge >= 0.3 is 5.97 Å². The molecule has 0 saturated heterocycles. The van der Waals surface area contributed by atoms with Gasteiger partial charge in [0.05, 0.1) is 30.2 Å². The van der Waals surface area contributed by atoms with E-state index in [1.165, 1.54) is 32.7 Å². The number of hydrogen-bond acceptors (Lipinski definition) is 9. The molecule has 0 bridgehead atoms. The standard InChI is InChI=1S/C7H8N2O2.C7H10N2.C7H12O2.C6H10O2/c1-4-6(7(10)11)5(2)9-3-8-4;1-5-6(2)8-4-9-7(5)3;1-5(6(2)8)7(3)9-4;1-4(5(2)7)6(3)8/h3H,1-2H3,(H,10,11);4H,1-3H3;1-4H3;4H,1-3H3. The number of rotatable bonds is 5. The maximum absolute atomic E-state index is 10.6. The highest BCUT2D eigenvalue weighted by Gasteiger charge is 2.11. The van der Waals surface area contributed by atoms with E-state index in [0.717, 1.165) is 11.4 Å². The summed E-state index contributed by atoms with van der Waals surface area (Å²) in [6.45, 7) is 18.8. The van der Waals surface area contributed by atoms with Crippen LogP contribution < -0.4 is 0 Å². The van der Waals surface area contributed by atoms with Gasteiger partial charge in [-0.2, -0.15) is 0 Å². The molecule has 0 radical (unpaired) electrons. The molecule has 0 aromatic carbocycles. The number of nitrogens with zero attached hydrogens (tertiary/aromatic N) is 4. The fourth-order valence-corrected chi connectivity index (χ4v) is 2.25. The molecule has 37 heavy (non-hydrogen) atoms. The summed E-state index contributed by atoms with van der Waals surface area (Å²) in [5.41, 5.74) is 5.24. The number of aryl methyl sites for hydroxylation is 4. The first-order chi connectivity index (χ1) is 17.0. The van der Waals surface area contributed by atoms with E-state index >= 15 is 0 Å². The van der Waals surface area contributed by atoms with Gasteiger partial charge in [-0.1, -0.05) is 0 Å². The molecule has 2 aromatic heterocycles. The van der Waals surface area contributed by atoms with Crippen molar-refractivity contribution in [2.75, 3.05) is 7.11 Å². The van der Waals surface area contributed by atoms with Crippen molar-refractivity contribution in [1.29, 1.82) is 0 Å². The molecule has 2 heterocycles. The van der Waals surface area contributed by atoms with Crippen LogP contribution in [-0.4, -0.2) is 55.5 Å². The van der Waals surface area contributed by atoms with Crippen LogP contribution in [0.15, 0.2) is 24.0 Å². The zero-order valence-electron chi connectivity index (χ0n) is 24.0. The van der Waals surface area contributed by atoms with E-state index in [2.05, 4.69) is 19.9 Å². The van der Waals surface area contributed by atoms with Gasteiger partial charge in [-0.05, 0) is 81.7 Å². The second-order valence-corrected chi connectivity index (χ2v) is 8.28. The summed E-state index contributed by atoms with van der Waals surface area (Å²) in [6, 6.07) is 0. The van der Waals surface area contributed by atoms with Crippen LogP contribution in [0.4, 0.5) is 0 Å². The Morgan fingerprint density at radius 1 is 0.730 bits per heavy atom. The molecular weight excluding hydrogens is 476 g/mol. The van der Waals surface area contributed by atoms with Gasteiger partial charge in [-0.25, -0.2) is 24.7 Å². The third kappa shape index (κ3) is 13.7. The van der Waals surface area contributed by atoms with Crippen LogP contribution in [-0.2, 0) is 19.1 Å². The maximum Gasteiger partial charge on any atom is 0.339 e. The summed E-state index contributed by atoms with van der Waals surface area (Å²) in [5.74, 6) is -0.734. The van der Waals surface area contributed by atoms with Crippen molar-refractivity contribution in [2.45, 2.75) is 76.2 Å². The van der Waals surface area contributed by atoms with Gasteiger partial charge in [0, 0.05) is 17.0 Å². The van der Waals surface area contributed by atoms with Crippen LogP contribution in [0.2, 0.25) is 0 Å². The highest BCUT2D eigenvalue weighted by Crippen LogP contribution is 2.07. The van der Waals surface area contributed by atoms with Gasteiger partial charge in [0.25, 0.3) is 0 Å². The van der Waals surface area contributed by atoms with E-state index in [1.54, 1.807) is 48.1 Å². The van der Waals surface area contributed by atoms with Crippen LogP contribution in [0.3, 0.4) is 0 Å². The minimum Gasteiger partial charge on any atom is -0.501 e. The van der Waals surface area contributed by atoms with Gasteiger partial charge in [0.15, 0.2) is 5.78 Å². The van der Waals surface area contributed by atoms with Gasteiger partial charge in [0.2, 0.25) is 0 Å². The third-order valence-corrected chi connectivity index (χ3v) is 5.61. The number of Topliss-reactive ketones (excluding diaryl/α,β-unsaturated/α-hetero) is 3. The molecular formula is C27H40N4O6. The first-order valence-corrected chi connectivity index (χ1v) is 11.5. The molecule has 10 heteroatoms. The monoisotopic (exact) mass is 516 g/mol. The van der Waals surface area contributed by atoms with E-state index in [1.807, 2.05) is 20.8 Å². The molecule has 0 amide bonds. The Balaban J connectivity index is 0. The molecule has 2 aromatic rings. The maximum atomic E-state index is 10.6. The number of carbonyl (C=O) groups is 4. The number of carboxylic acids is 1. The number of aromatic nitrogens is 4. The average Bonchev–Trinajstić information content (AvgIpc) is 2.81. The highest BCUT2D eigenvalue weighted by molar-refractivity contribution is 5.99. The number of allylic oxidation sites excluding steroid dienone is 2. The lowest BCUT2D eigenvalue weighted by atomic mass is 10.0. The molecule has 0 spiro atoms. The second kappa shape index (κ2) is 17.6. The Labute approximate surface area is 219 Å². The summed E-state index contributed by atoms with van der Waals surface area (Å²) in [4.78, 5) is 57.5. The van der Waals surface area contributed by atoms with E-state index in [9.17, 15) is 19.2 Å². The lowest BCUT2D eigenvalue weighted by molar-refractivity contribution is -0.129. The molecule has 0 unspecified atom stereocenters. The van der Waals surface area contributed by atoms with Crippen LogP contribution >= 0.6 is 0 Å². The van der Waals surface area contributed by atoms with Gasteiger partial charge < -0.3 is 9.84 Å². The Morgan fingerprint density at radius 3 is 1.24 bits per heavy atom. The largest absolute Gasteiger partial charge is 0.501 e. The molecule has 204 valence electrons. The normalized spacial score (nSPS) is 10.3. The first-order valence-electron chi connectivity index (χ1n) is 11.5. The van der Waals surface area contributed by atoms with Crippen molar-refractivity contribution in [2.24, 2.45) is 5.92 Å². The number of carboxylic acid groups (broad SMARTS) is 1. The fourth-order valence-electron chi connectivity index (χ4n) is 2.25. The lowest BCUT2D eigenvalue weighted by Gasteiger charge is -2.00. The van der Waals surface area contributed by atoms with E-state index in [0.29, 0.717) is 22.7 Å². The predicted octanol–water partition coefficient (Wildman–Crippen LogP) is 4.51. The molecule has 0 aliphatic rings. The number of ketones is 3. The minimum atomic E-state index is -0.972. The van der Waals surface area contributed by atoms with Gasteiger partial charge in [-0.3, -0.25) is 14.4 Å². The van der Waals surface area contributed by atoms with E-state index < -0.39 is 11.9 Å². The van der Waals surface area contributed by atoms with Crippen LogP contribution in [0, 0.1) is 40.5 Å². The summed E-state index contributed by atoms with van der Waals surface area (Å²) in [6.07, 6.45) is 2.95. The quantitative estimate of drug-likeness (QED) is 0.341. The topological polar surface area (TPSA) is 149 Å². The zero-order chi connectivity index (χ0) is 29.5. The zero-order valence-corrected chi connectivity index (χ0v) is 24.0. The number of hydrogen-bond donors (Lipinski definition) is 1. The van der Waals surface area contributed by atoms with E-state index in [-0.39, 0.29) is 22.9 Å². The van der Waals surface area contributed by atoms with Crippen LogP contribution in [0.25, 0.3) is 0 Å². The van der Waals surface area contributed by atoms with E-state index in [4.69, 9.17) is 9.84 Å². The Hall–Kier alpha value is -3.82. The number of ether oxygens (including phenoxy) is 1. The van der Waals surface area contributed by atoms with Crippen molar-refractivity contribution >= 4 is 23.3 Å². The van der Waals surface area contributed by atoms with Crippen molar-refractivity contribution in [3.63, 3.8) is 0 Å². The summed E-state index contributed by atoms with van der Waals surface area (Å²) in [5, 5.41) is 8.67. The lowest BCUT2D eigenvalue weighted by Crippen LogP contribution is -2.14. The Bertz CT molecular complexity index is 1070. The highest BCUT2D eigenvalue weighted by atomic mass is 16.5. The number of methoxy groups -OCH3 is 1. The predicted molar refractivity (Wildman–Crippen MR) is 141 cm³/mol. The molecule has 0 atom stereocenters. The fraction of sp³-hybridized carbons (Fsp3) is 0.481. The van der Waals surface area contributed by atoms with Gasteiger partial charge in [-0.15, -0.1) is 0 Å². The average molecular weight is 517 g/mol. The SMILES string of the molecule is CC(=O)C(C)C(C)=O.COC(C)=C(C)C(C)=O.Cc1ncnc(C)c1C.Cc1ncnc(C)c1C(=O)O. The first kappa shape index (κ1) is 35.3. The van der Waals surface area contributed by atoms with Gasteiger partial charge in [0.1, 0.15) is 29.8 Å². The molecule has 0 aliphatic carbocycles. The van der Waals surface area contributed by atoms with Crippen molar-refractivity contribution in [3.8, 4) is 0 Å². The molecule has 0 aliphatic heterocycles. The van der Waals surface area contributed by atoms with Crippen molar-refractivity contribution < 1.29 is 29.0 Å². The van der Waals surface area contributed by atoms with Crippen molar-refractivity contribution in [3.05, 3.63) is 57.9 Å². The molecule has 0 saturated carbocycles. The summed E-state index contributed by atoms with van der Waals surface area (Å²) in [7, 11) is 1.56. The summed E-state index contributed by atoms with van der Waals surface area (Å²) < 4.78 is 4.83. The molecule has 1 N–H and O–H groups in total. The molecule has 0 fully saturated rings. The summed E-state index contributed by atoms with van der Waals surface area (Å²) >= 11 is 0. The van der Waals surface area contributed by atoms with Crippen molar-refractivity contribution in [1.82, 2.24) is 19.9 Å².